The molecular formula is C42H48. The maximum Gasteiger partial charge on any atom is -0.0158 e. The van der Waals surface area contributed by atoms with Crippen LogP contribution in [-0.4, -0.2) is 0 Å². The fourth-order valence-corrected chi connectivity index (χ4v) is 4.79. The molecule has 0 bridgehead atoms. The van der Waals surface area contributed by atoms with Gasteiger partial charge in [-0.2, -0.15) is 0 Å². The summed E-state index contributed by atoms with van der Waals surface area (Å²) in [7, 11) is 0. The Kier molecular flexibility index (Phi) is 14.6. The van der Waals surface area contributed by atoms with E-state index in [4.69, 9.17) is 0 Å². The van der Waals surface area contributed by atoms with Crippen LogP contribution in [0.1, 0.15) is 65.6 Å². The lowest BCUT2D eigenvalue weighted by Crippen LogP contribution is -1.94. The van der Waals surface area contributed by atoms with Crippen LogP contribution in [0.5, 0.6) is 0 Å². The highest BCUT2D eigenvalue weighted by Crippen LogP contribution is 2.24. The van der Waals surface area contributed by atoms with Gasteiger partial charge >= 0.3 is 0 Å². The molecule has 3 rings (SSSR count). The first-order valence-corrected chi connectivity index (χ1v) is 14.7. The molecule has 0 radical (unpaired) electrons. The first-order valence-electron chi connectivity index (χ1n) is 14.7. The molecule has 0 N–H and O–H groups in total. The van der Waals surface area contributed by atoms with E-state index in [1.54, 1.807) is 6.08 Å². The normalized spacial score (nSPS) is 11.7. The smallest absolute Gasteiger partial charge is 0.0158 e. The van der Waals surface area contributed by atoms with Gasteiger partial charge in [-0.25, -0.2) is 0 Å². The lowest BCUT2D eigenvalue weighted by molar-refractivity contribution is 0.931. The molecule has 0 aliphatic carbocycles. The molecule has 0 aliphatic rings. The van der Waals surface area contributed by atoms with Crippen molar-refractivity contribution >= 4 is 17.7 Å². The fraction of sp³-hybridized carbons (Fsp3) is 0.190. The molecule has 3 aromatic rings. The predicted octanol–water partition coefficient (Wildman–Crippen LogP) is 12.0. The molecule has 0 heteroatoms. The van der Waals surface area contributed by atoms with E-state index in [1.165, 1.54) is 50.1 Å². The second kappa shape index (κ2) is 18.1. The van der Waals surface area contributed by atoms with Gasteiger partial charge in [0.2, 0.25) is 0 Å². The van der Waals surface area contributed by atoms with Crippen LogP contribution in [0.25, 0.3) is 17.7 Å². The van der Waals surface area contributed by atoms with Crippen molar-refractivity contribution in [1.82, 2.24) is 0 Å². The zero-order valence-corrected chi connectivity index (χ0v) is 26.3. The standard InChI is InChI=1S/C22H26.C20H22/c1-7-11-20(8-2)22(10-4)18(6)13-15-19-14-12-17(5)21(9-3)16-19;1-4-7-19-8-5-6-9-20(19)17(3)12-15-18-13-10-16(2)11-14-18/h7-12,14,16H,1-4,13,15H2,5-6H3;4-11,13-14H,3,12,15H2,1-2H3/b20-11-,22-18+;7-4-. The number of rotatable bonds is 13. The summed E-state index contributed by atoms with van der Waals surface area (Å²) in [5.41, 5.74) is 13.7. The van der Waals surface area contributed by atoms with Crippen molar-refractivity contribution < 1.29 is 0 Å². The van der Waals surface area contributed by atoms with Gasteiger partial charge in [0, 0.05) is 0 Å². The summed E-state index contributed by atoms with van der Waals surface area (Å²) in [5.74, 6) is 0. The van der Waals surface area contributed by atoms with Gasteiger partial charge in [-0.15, -0.1) is 0 Å². The minimum atomic E-state index is 0.989. The zero-order chi connectivity index (χ0) is 30.9. The van der Waals surface area contributed by atoms with Gasteiger partial charge in [-0.3, -0.25) is 0 Å². The van der Waals surface area contributed by atoms with Crippen molar-refractivity contribution in [2.75, 3.05) is 0 Å². The fourth-order valence-electron chi connectivity index (χ4n) is 4.79. The molecule has 0 saturated carbocycles. The highest BCUT2D eigenvalue weighted by Gasteiger charge is 2.05. The van der Waals surface area contributed by atoms with Gasteiger partial charge in [0.05, 0.1) is 0 Å². The van der Waals surface area contributed by atoms with E-state index in [0.717, 1.165) is 36.8 Å². The predicted molar refractivity (Wildman–Crippen MR) is 191 cm³/mol. The van der Waals surface area contributed by atoms with E-state index in [9.17, 15) is 0 Å². The summed E-state index contributed by atoms with van der Waals surface area (Å²) in [6, 6.07) is 23.8. The first-order chi connectivity index (χ1) is 20.3. The van der Waals surface area contributed by atoms with Gasteiger partial charge in [0.15, 0.2) is 0 Å². The van der Waals surface area contributed by atoms with Gasteiger partial charge in [0.1, 0.15) is 0 Å². The van der Waals surface area contributed by atoms with Crippen LogP contribution in [0, 0.1) is 13.8 Å². The molecule has 42 heavy (non-hydrogen) atoms. The van der Waals surface area contributed by atoms with E-state index < -0.39 is 0 Å². The molecule has 0 aromatic heterocycles. The molecular weight excluding hydrogens is 504 g/mol. The molecule has 0 atom stereocenters. The summed E-state index contributed by atoms with van der Waals surface area (Å²) < 4.78 is 0. The summed E-state index contributed by atoms with van der Waals surface area (Å²) in [4.78, 5) is 0. The van der Waals surface area contributed by atoms with Crippen molar-refractivity contribution in [1.29, 1.82) is 0 Å². The molecule has 216 valence electrons. The lowest BCUT2D eigenvalue weighted by atomic mass is 9.94. The Labute approximate surface area is 256 Å². The molecule has 0 amide bonds. The van der Waals surface area contributed by atoms with E-state index in [1.807, 2.05) is 31.2 Å². The highest BCUT2D eigenvalue weighted by molar-refractivity contribution is 5.73. The highest BCUT2D eigenvalue weighted by atomic mass is 14.1. The van der Waals surface area contributed by atoms with E-state index in [0.29, 0.717) is 0 Å². The quantitative estimate of drug-likeness (QED) is 0.185. The van der Waals surface area contributed by atoms with E-state index >= 15 is 0 Å². The third-order valence-corrected chi connectivity index (χ3v) is 7.37. The largest absolute Gasteiger partial charge is 0.0990 e. The summed E-state index contributed by atoms with van der Waals surface area (Å²) in [6.45, 7) is 28.1. The second-order valence-electron chi connectivity index (χ2n) is 10.5. The Bertz CT molecular complexity index is 1460. The summed E-state index contributed by atoms with van der Waals surface area (Å²) >= 11 is 0. The monoisotopic (exact) mass is 552 g/mol. The Morgan fingerprint density at radius 1 is 0.762 bits per heavy atom. The minimum absolute atomic E-state index is 0.989. The third kappa shape index (κ3) is 10.5. The van der Waals surface area contributed by atoms with E-state index in [2.05, 4.69) is 133 Å². The van der Waals surface area contributed by atoms with Crippen LogP contribution in [-0.2, 0) is 12.8 Å². The van der Waals surface area contributed by atoms with Crippen LogP contribution in [0.2, 0.25) is 0 Å². The summed E-state index contributed by atoms with van der Waals surface area (Å²) in [5, 5.41) is 0. The van der Waals surface area contributed by atoms with Gasteiger partial charge in [0.25, 0.3) is 0 Å². The topological polar surface area (TPSA) is 0 Å². The number of hydrogen-bond donors (Lipinski definition) is 0. The van der Waals surface area contributed by atoms with Crippen molar-refractivity contribution in [3.8, 4) is 0 Å². The lowest BCUT2D eigenvalue weighted by Gasteiger charge is -2.11. The van der Waals surface area contributed by atoms with Crippen LogP contribution in [0.15, 0.2) is 147 Å². The Hall–Kier alpha value is -4.42. The number of benzene rings is 3. The second-order valence-corrected chi connectivity index (χ2v) is 10.5. The molecule has 0 fully saturated rings. The Balaban J connectivity index is 0.000000294. The van der Waals surface area contributed by atoms with Gasteiger partial charge < -0.3 is 0 Å². The SMILES string of the molecule is C=C(CCc1ccc(C)cc1)c1ccccc1/C=C\C.C=C/C=C(C=C)\C(C=C)=C(/C)CCc1ccc(C)c(C=C)c1. The molecule has 0 aliphatic heterocycles. The summed E-state index contributed by atoms with van der Waals surface area (Å²) in [6.07, 6.45) is 17.7. The molecule has 0 nitrogen and oxygen atoms in total. The Morgan fingerprint density at radius 3 is 2.05 bits per heavy atom. The van der Waals surface area contributed by atoms with Crippen LogP contribution < -0.4 is 0 Å². The maximum absolute atomic E-state index is 4.27. The van der Waals surface area contributed by atoms with Crippen molar-refractivity contribution in [3.63, 3.8) is 0 Å². The van der Waals surface area contributed by atoms with Crippen molar-refractivity contribution in [3.05, 3.63) is 186 Å². The van der Waals surface area contributed by atoms with Gasteiger partial charge in [-0.05, 0) is 103 Å². The molecule has 0 saturated heterocycles. The molecule has 3 aromatic carbocycles. The van der Waals surface area contributed by atoms with E-state index in [-0.39, 0.29) is 0 Å². The minimum Gasteiger partial charge on any atom is -0.0990 e. The maximum atomic E-state index is 4.27. The van der Waals surface area contributed by atoms with Crippen LogP contribution in [0.3, 0.4) is 0 Å². The average molecular weight is 553 g/mol. The van der Waals surface area contributed by atoms with Crippen molar-refractivity contribution in [2.45, 2.75) is 53.4 Å². The number of hydrogen-bond acceptors (Lipinski definition) is 0. The van der Waals surface area contributed by atoms with Gasteiger partial charge in [-0.1, -0.05) is 153 Å². The molecule has 0 unspecified atom stereocenters. The number of aryl methyl sites for hydroxylation is 4. The molecule has 0 spiro atoms. The first kappa shape index (κ1) is 33.8. The van der Waals surface area contributed by atoms with Crippen LogP contribution >= 0.6 is 0 Å². The van der Waals surface area contributed by atoms with Crippen LogP contribution in [0.4, 0.5) is 0 Å². The zero-order valence-electron chi connectivity index (χ0n) is 26.3. The molecule has 0 heterocycles. The number of allylic oxidation sites excluding steroid dienone is 9. The third-order valence-electron chi connectivity index (χ3n) is 7.37. The average Bonchev–Trinajstić information content (AvgIpc) is 3.00. The Morgan fingerprint density at radius 2 is 1.43 bits per heavy atom. The van der Waals surface area contributed by atoms with Crippen molar-refractivity contribution in [2.24, 2.45) is 0 Å².